The molecular weight excluding hydrogens is 191 g/mol. The van der Waals surface area contributed by atoms with Crippen LogP contribution >= 0.6 is 0 Å². The van der Waals surface area contributed by atoms with Crippen molar-refractivity contribution in [3.8, 4) is 0 Å². The number of hydrogen-bond donors (Lipinski definition) is 0. The maximum atomic E-state index is 13.0. The highest BCUT2D eigenvalue weighted by Crippen LogP contribution is 2.10. The smallest absolute Gasteiger partial charge is 0.123 e. The molecule has 0 atom stereocenters. The Morgan fingerprint density at radius 3 is 3.00 bits per heavy atom. The summed E-state index contributed by atoms with van der Waals surface area (Å²) in [5.41, 5.74) is 2.09. The summed E-state index contributed by atoms with van der Waals surface area (Å²) >= 11 is 0. The number of aryl methyl sites for hydroxylation is 1. The van der Waals surface area contributed by atoms with Gasteiger partial charge in [-0.25, -0.2) is 9.37 Å². The van der Waals surface area contributed by atoms with Gasteiger partial charge in [0.05, 0.1) is 6.33 Å². The molecule has 0 aliphatic heterocycles. The highest BCUT2D eigenvalue weighted by Gasteiger charge is 2.02. The van der Waals surface area contributed by atoms with Gasteiger partial charge in [0.2, 0.25) is 0 Å². The van der Waals surface area contributed by atoms with E-state index in [-0.39, 0.29) is 5.82 Å². The van der Waals surface area contributed by atoms with Crippen molar-refractivity contribution in [1.29, 1.82) is 0 Å². The molecule has 78 valence electrons. The van der Waals surface area contributed by atoms with Gasteiger partial charge in [-0.05, 0) is 24.6 Å². The number of imidazole rings is 1. The minimum Gasteiger partial charge on any atom is -0.335 e. The van der Waals surface area contributed by atoms with E-state index in [0.29, 0.717) is 0 Å². The Kier molecular flexibility index (Phi) is 2.81. The van der Waals surface area contributed by atoms with E-state index in [1.54, 1.807) is 18.5 Å². The molecule has 2 aromatic rings. The lowest BCUT2D eigenvalue weighted by atomic mass is 10.1. The summed E-state index contributed by atoms with van der Waals surface area (Å²) in [4.78, 5) is 4.08. The molecule has 0 fully saturated rings. The molecule has 1 heterocycles. The molecule has 0 saturated carbocycles. The lowest BCUT2D eigenvalue weighted by Crippen LogP contribution is -2.00. The van der Waals surface area contributed by atoms with Crippen molar-refractivity contribution in [2.24, 2.45) is 0 Å². The molecule has 0 N–H and O–H groups in total. The summed E-state index contributed by atoms with van der Waals surface area (Å²) in [6.07, 6.45) is 4.36. The monoisotopic (exact) mass is 204 g/mol. The number of hydrogen-bond acceptors (Lipinski definition) is 1. The van der Waals surface area contributed by atoms with Gasteiger partial charge in [0.1, 0.15) is 5.82 Å². The molecule has 1 aromatic heterocycles. The van der Waals surface area contributed by atoms with Gasteiger partial charge in [-0.1, -0.05) is 12.1 Å². The highest BCUT2D eigenvalue weighted by molar-refractivity contribution is 5.21. The zero-order valence-corrected chi connectivity index (χ0v) is 8.65. The summed E-state index contributed by atoms with van der Waals surface area (Å²) in [6.45, 7) is 2.96. The third kappa shape index (κ3) is 2.24. The van der Waals surface area contributed by atoms with Gasteiger partial charge >= 0.3 is 0 Å². The summed E-state index contributed by atoms with van der Waals surface area (Å²) in [6, 6.07) is 6.68. The Morgan fingerprint density at radius 1 is 1.40 bits per heavy atom. The highest BCUT2D eigenvalue weighted by atomic mass is 19.1. The third-order valence-corrected chi connectivity index (χ3v) is 2.41. The largest absolute Gasteiger partial charge is 0.335 e. The minimum absolute atomic E-state index is 0.185. The Bertz CT molecular complexity index is 448. The molecule has 3 heteroatoms. The molecule has 0 amide bonds. The summed E-state index contributed by atoms with van der Waals surface area (Å²) in [5, 5.41) is 0. The quantitative estimate of drug-likeness (QED) is 0.751. The number of nitrogens with zero attached hydrogens (tertiary/aromatic N) is 2. The van der Waals surface area contributed by atoms with Gasteiger partial charge in [0, 0.05) is 24.9 Å². The minimum atomic E-state index is -0.185. The second kappa shape index (κ2) is 4.26. The molecule has 0 bridgehead atoms. The average molecular weight is 204 g/mol. The van der Waals surface area contributed by atoms with Gasteiger partial charge in [0.25, 0.3) is 0 Å². The normalized spacial score (nSPS) is 10.5. The van der Waals surface area contributed by atoms with Crippen molar-refractivity contribution in [2.75, 3.05) is 0 Å². The van der Waals surface area contributed by atoms with Gasteiger partial charge in [-0.3, -0.25) is 0 Å². The van der Waals surface area contributed by atoms with Crippen molar-refractivity contribution in [1.82, 2.24) is 9.55 Å². The van der Waals surface area contributed by atoms with E-state index in [4.69, 9.17) is 0 Å². The standard InChI is InChI=1S/C12H13FN2/c1-2-15-9-14-8-12(15)7-10-4-3-5-11(13)6-10/h3-6,8-9H,2,7H2,1H3. The van der Waals surface area contributed by atoms with E-state index in [0.717, 1.165) is 24.2 Å². The van der Waals surface area contributed by atoms with E-state index in [1.807, 2.05) is 12.3 Å². The zero-order valence-electron chi connectivity index (χ0n) is 8.65. The van der Waals surface area contributed by atoms with Crippen LogP contribution in [0.4, 0.5) is 4.39 Å². The Balaban J connectivity index is 2.22. The van der Waals surface area contributed by atoms with E-state index >= 15 is 0 Å². The predicted octanol–water partition coefficient (Wildman–Crippen LogP) is 2.63. The maximum absolute atomic E-state index is 13.0. The second-order valence-corrected chi connectivity index (χ2v) is 3.48. The topological polar surface area (TPSA) is 17.8 Å². The zero-order chi connectivity index (χ0) is 10.7. The van der Waals surface area contributed by atoms with Crippen LogP contribution in [0, 0.1) is 5.82 Å². The van der Waals surface area contributed by atoms with Gasteiger partial charge < -0.3 is 4.57 Å². The first-order valence-electron chi connectivity index (χ1n) is 5.03. The fraction of sp³-hybridized carbons (Fsp3) is 0.250. The van der Waals surface area contributed by atoms with Crippen molar-refractivity contribution < 1.29 is 4.39 Å². The number of rotatable bonds is 3. The van der Waals surface area contributed by atoms with Crippen LogP contribution in [0.2, 0.25) is 0 Å². The van der Waals surface area contributed by atoms with E-state index in [1.165, 1.54) is 6.07 Å². The first kappa shape index (κ1) is 9.90. The van der Waals surface area contributed by atoms with Gasteiger partial charge in [-0.2, -0.15) is 0 Å². The molecule has 0 radical (unpaired) electrons. The number of aromatic nitrogens is 2. The first-order valence-corrected chi connectivity index (χ1v) is 5.03. The van der Waals surface area contributed by atoms with E-state index < -0.39 is 0 Å². The molecule has 15 heavy (non-hydrogen) atoms. The van der Waals surface area contributed by atoms with E-state index in [2.05, 4.69) is 16.5 Å². The van der Waals surface area contributed by atoms with Crippen molar-refractivity contribution >= 4 is 0 Å². The van der Waals surface area contributed by atoms with Crippen molar-refractivity contribution in [2.45, 2.75) is 19.9 Å². The molecule has 0 saturated heterocycles. The van der Waals surface area contributed by atoms with E-state index in [9.17, 15) is 4.39 Å². The second-order valence-electron chi connectivity index (χ2n) is 3.48. The summed E-state index contributed by atoms with van der Waals surface area (Å²) in [7, 11) is 0. The van der Waals surface area contributed by atoms with Gasteiger partial charge in [-0.15, -0.1) is 0 Å². The van der Waals surface area contributed by atoms with Crippen LogP contribution in [-0.2, 0) is 13.0 Å². The third-order valence-electron chi connectivity index (χ3n) is 2.41. The fourth-order valence-corrected chi connectivity index (χ4v) is 1.64. The molecule has 0 spiro atoms. The SMILES string of the molecule is CCn1cncc1Cc1cccc(F)c1. The molecule has 0 aliphatic rings. The molecular formula is C12H13FN2. The molecule has 2 nitrogen and oxygen atoms in total. The number of benzene rings is 1. The van der Waals surface area contributed by atoms with Crippen molar-refractivity contribution in [3.63, 3.8) is 0 Å². The van der Waals surface area contributed by atoms with Crippen LogP contribution in [-0.4, -0.2) is 9.55 Å². The summed E-state index contributed by atoms with van der Waals surface area (Å²) < 4.78 is 15.0. The van der Waals surface area contributed by atoms with Crippen LogP contribution in [0.1, 0.15) is 18.2 Å². The van der Waals surface area contributed by atoms with Crippen LogP contribution in [0.25, 0.3) is 0 Å². The molecule has 0 unspecified atom stereocenters. The molecule has 0 aliphatic carbocycles. The lowest BCUT2D eigenvalue weighted by molar-refractivity contribution is 0.625. The molecule has 2 rings (SSSR count). The predicted molar refractivity (Wildman–Crippen MR) is 57.1 cm³/mol. The van der Waals surface area contributed by atoms with Crippen molar-refractivity contribution in [3.05, 3.63) is 53.9 Å². The molecule has 1 aromatic carbocycles. The Labute approximate surface area is 88.4 Å². The summed E-state index contributed by atoms with van der Waals surface area (Å²) in [5.74, 6) is -0.185. The lowest BCUT2D eigenvalue weighted by Gasteiger charge is -2.04. The van der Waals surface area contributed by atoms with Crippen LogP contribution in [0.5, 0.6) is 0 Å². The Hall–Kier alpha value is -1.64. The fourth-order valence-electron chi connectivity index (χ4n) is 1.64. The van der Waals surface area contributed by atoms with Crippen LogP contribution in [0.15, 0.2) is 36.8 Å². The van der Waals surface area contributed by atoms with Crippen LogP contribution < -0.4 is 0 Å². The average Bonchev–Trinajstić information content (AvgIpc) is 2.65. The Morgan fingerprint density at radius 2 is 2.27 bits per heavy atom. The number of halogens is 1. The van der Waals surface area contributed by atoms with Crippen LogP contribution in [0.3, 0.4) is 0 Å². The van der Waals surface area contributed by atoms with Gasteiger partial charge in [0.15, 0.2) is 0 Å². The maximum Gasteiger partial charge on any atom is 0.123 e. The first-order chi connectivity index (χ1) is 7.29.